The van der Waals surface area contributed by atoms with Crippen LogP contribution in [0.3, 0.4) is 0 Å². The van der Waals surface area contributed by atoms with Crippen LogP contribution in [0.1, 0.15) is 37.3 Å². The van der Waals surface area contributed by atoms with Crippen LogP contribution >= 0.6 is 24.0 Å². The number of carbonyl (C=O) groups excluding carboxylic acids is 1. The summed E-state index contributed by atoms with van der Waals surface area (Å²) in [6.07, 6.45) is 2.10. The van der Waals surface area contributed by atoms with Crippen molar-refractivity contribution in [1.29, 1.82) is 0 Å². The van der Waals surface area contributed by atoms with E-state index in [4.69, 9.17) is 9.47 Å². The Labute approximate surface area is 185 Å². The Bertz CT molecular complexity index is 597. The average Bonchev–Trinajstić information content (AvgIpc) is 2.66. The predicted octanol–water partition coefficient (Wildman–Crippen LogP) is 3.04. The number of guanidine groups is 1. The highest BCUT2D eigenvalue weighted by Crippen LogP contribution is 2.21. The zero-order chi connectivity index (χ0) is 19.9. The first kappa shape index (κ1) is 26.4. The number of carbonyl (C=O) groups is 1. The van der Waals surface area contributed by atoms with Gasteiger partial charge in [-0.1, -0.05) is 12.1 Å². The second-order valence-electron chi connectivity index (χ2n) is 6.11. The van der Waals surface area contributed by atoms with Gasteiger partial charge in [-0.15, -0.1) is 24.0 Å². The summed E-state index contributed by atoms with van der Waals surface area (Å²) in [6.45, 7) is 7.16. The maximum absolute atomic E-state index is 11.1. The number of benzene rings is 1. The maximum Gasteiger partial charge on any atom is 0.305 e. The third-order valence-corrected chi connectivity index (χ3v) is 3.85. The van der Waals surface area contributed by atoms with Gasteiger partial charge in [0.05, 0.1) is 20.3 Å². The molecule has 0 saturated carbocycles. The number of hydrogen-bond acceptors (Lipinski definition) is 5. The summed E-state index contributed by atoms with van der Waals surface area (Å²) >= 11 is 0. The van der Waals surface area contributed by atoms with Crippen molar-refractivity contribution in [2.45, 2.75) is 39.7 Å². The number of aryl methyl sites for hydroxylation is 1. The van der Waals surface area contributed by atoms with Gasteiger partial charge in [0.25, 0.3) is 0 Å². The molecule has 1 aromatic rings. The number of aliphatic imine (C=N–C) groups is 1. The van der Waals surface area contributed by atoms with Crippen molar-refractivity contribution in [3.8, 4) is 5.75 Å². The van der Waals surface area contributed by atoms with Crippen molar-refractivity contribution in [2.75, 3.05) is 40.5 Å². The lowest BCUT2D eigenvalue weighted by molar-refractivity contribution is -0.140. The molecule has 0 aliphatic rings. The second kappa shape index (κ2) is 16.4. The molecule has 0 atom stereocenters. The van der Waals surface area contributed by atoms with Crippen LogP contribution in [0.2, 0.25) is 0 Å². The highest BCUT2D eigenvalue weighted by molar-refractivity contribution is 14.0. The molecule has 0 radical (unpaired) electrons. The topological polar surface area (TPSA) is 81.2 Å². The van der Waals surface area contributed by atoms with E-state index in [0.717, 1.165) is 48.8 Å². The van der Waals surface area contributed by atoms with Crippen LogP contribution in [0.5, 0.6) is 5.75 Å². The van der Waals surface area contributed by atoms with Gasteiger partial charge in [-0.05, 0) is 38.3 Å². The van der Waals surface area contributed by atoms with Crippen molar-refractivity contribution in [2.24, 2.45) is 4.99 Å². The van der Waals surface area contributed by atoms with Crippen molar-refractivity contribution < 1.29 is 19.0 Å². The molecule has 2 N–H and O–H groups in total. The van der Waals surface area contributed by atoms with Gasteiger partial charge in [-0.3, -0.25) is 4.79 Å². The van der Waals surface area contributed by atoms with Crippen molar-refractivity contribution >= 4 is 35.9 Å². The first-order chi connectivity index (χ1) is 13.1. The van der Waals surface area contributed by atoms with E-state index in [1.165, 1.54) is 7.11 Å². The normalized spacial score (nSPS) is 10.8. The van der Waals surface area contributed by atoms with Crippen LogP contribution in [0.4, 0.5) is 0 Å². The van der Waals surface area contributed by atoms with Crippen molar-refractivity contribution in [1.82, 2.24) is 10.6 Å². The fraction of sp³-hybridized carbons (Fsp3) is 0.600. The first-order valence-electron chi connectivity index (χ1n) is 9.41. The summed E-state index contributed by atoms with van der Waals surface area (Å²) in [7, 11) is 3.07. The predicted molar refractivity (Wildman–Crippen MR) is 123 cm³/mol. The van der Waals surface area contributed by atoms with E-state index < -0.39 is 0 Å². The van der Waals surface area contributed by atoms with Crippen molar-refractivity contribution in [3.05, 3.63) is 29.3 Å². The molecule has 0 spiro atoms. The average molecular weight is 507 g/mol. The molecule has 1 rings (SSSR count). The standard InChI is InChI=1S/C20H33N3O4.HI/c1-5-21-20(22-11-7-6-8-19(24)26-4)23-15-17-10-9-16(2)14-18(17)27-13-12-25-3;/h9-10,14H,5-8,11-13,15H2,1-4H3,(H2,21,22,23);1H. The second-order valence-corrected chi connectivity index (χ2v) is 6.11. The van der Waals surface area contributed by atoms with E-state index >= 15 is 0 Å². The van der Waals surface area contributed by atoms with Crippen LogP contribution in [0.15, 0.2) is 23.2 Å². The number of esters is 1. The number of halogens is 1. The third kappa shape index (κ3) is 11.3. The van der Waals surface area contributed by atoms with Gasteiger partial charge in [0.15, 0.2) is 5.96 Å². The summed E-state index contributed by atoms with van der Waals surface area (Å²) in [4.78, 5) is 15.8. The fourth-order valence-electron chi connectivity index (χ4n) is 2.37. The van der Waals surface area contributed by atoms with Crippen molar-refractivity contribution in [3.63, 3.8) is 0 Å². The molecule has 28 heavy (non-hydrogen) atoms. The maximum atomic E-state index is 11.1. The molecule has 0 amide bonds. The zero-order valence-electron chi connectivity index (χ0n) is 17.4. The summed E-state index contributed by atoms with van der Waals surface area (Å²) in [5.74, 6) is 1.42. The van der Waals surface area contributed by atoms with Gasteiger partial charge in [0.1, 0.15) is 12.4 Å². The molecule has 7 nitrogen and oxygen atoms in total. The molecule has 0 aromatic heterocycles. The van der Waals surface area contributed by atoms with Crippen LogP contribution < -0.4 is 15.4 Å². The summed E-state index contributed by atoms with van der Waals surface area (Å²) in [5.41, 5.74) is 2.17. The summed E-state index contributed by atoms with van der Waals surface area (Å²) in [6, 6.07) is 6.12. The minimum absolute atomic E-state index is 0. The molecule has 0 bridgehead atoms. The van der Waals surface area contributed by atoms with Crippen LogP contribution in [-0.2, 0) is 20.8 Å². The van der Waals surface area contributed by atoms with Gasteiger partial charge in [-0.25, -0.2) is 4.99 Å². The molecule has 0 saturated heterocycles. The number of ether oxygens (including phenoxy) is 3. The number of nitrogens with one attached hydrogen (secondary N) is 2. The van der Waals surface area contributed by atoms with E-state index in [-0.39, 0.29) is 29.9 Å². The summed E-state index contributed by atoms with van der Waals surface area (Å²) in [5, 5.41) is 6.53. The molecule has 0 heterocycles. The largest absolute Gasteiger partial charge is 0.491 e. The van der Waals surface area contributed by atoms with Gasteiger partial charge in [0.2, 0.25) is 0 Å². The molecule has 160 valence electrons. The molecule has 0 aliphatic carbocycles. The number of rotatable bonds is 12. The Morgan fingerprint density at radius 2 is 1.93 bits per heavy atom. The van der Waals surface area contributed by atoms with E-state index in [0.29, 0.717) is 26.2 Å². The lowest BCUT2D eigenvalue weighted by Crippen LogP contribution is -2.37. The Morgan fingerprint density at radius 1 is 1.14 bits per heavy atom. The Hall–Kier alpha value is -1.55. The first-order valence-corrected chi connectivity index (χ1v) is 9.41. The van der Waals surface area contributed by atoms with Gasteiger partial charge >= 0.3 is 5.97 Å². The molecule has 0 aliphatic heterocycles. The molecule has 1 aromatic carbocycles. The minimum Gasteiger partial charge on any atom is -0.491 e. The number of unbranched alkanes of at least 4 members (excludes halogenated alkanes) is 1. The summed E-state index contributed by atoms with van der Waals surface area (Å²) < 4.78 is 15.5. The quantitative estimate of drug-likeness (QED) is 0.149. The van der Waals surface area contributed by atoms with Crippen LogP contribution in [-0.4, -0.2) is 52.5 Å². The number of nitrogens with zero attached hydrogens (tertiary/aromatic N) is 1. The van der Waals surface area contributed by atoms with Crippen LogP contribution in [0, 0.1) is 6.92 Å². The Balaban J connectivity index is 0.00000729. The Morgan fingerprint density at radius 3 is 2.61 bits per heavy atom. The third-order valence-electron chi connectivity index (χ3n) is 3.85. The van der Waals surface area contributed by atoms with E-state index in [1.54, 1.807) is 7.11 Å². The lowest BCUT2D eigenvalue weighted by atomic mass is 10.1. The van der Waals surface area contributed by atoms with Gasteiger partial charge < -0.3 is 24.8 Å². The van der Waals surface area contributed by atoms with E-state index in [9.17, 15) is 4.79 Å². The highest BCUT2D eigenvalue weighted by atomic mass is 127. The van der Waals surface area contributed by atoms with Gasteiger partial charge in [0, 0.05) is 32.2 Å². The minimum atomic E-state index is -0.170. The zero-order valence-corrected chi connectivity index (χ0v) is 19.7. The molecule has 0 fully saturated rings. The van der Waals surface area contributed by atoms with Crippen LogP contribution in [0.25, 0.3) is 0 Å². The number of hydrogen-bond donors (Lipinski definition) is 2. The highest BCUT2D eigenvalue weighted by Gasteiger charge is 2.05. The SMILES string of the molecule is CCNC(=NCc1ccc(C)cc1OCCOC)NCCCCC(=O)OC.I. The smallest absolute Gasteiger partial charge is 0.305 e. The lowest BCUT2D eigenvalue weighted by Gasteiger charge is -2.13. The van der Waals surface area contributed by atoms with Gasteiger partial charge in [-0.2, -0.15) is 0 Å². The molecule has 8 heteroatoms. The Kier molecular flexibility index (Phi) is 15.5. The van der Waals surface area contributed by atoms with E-state index in [2.05, 4.69) is 26.4 Å². The molecular weight excluding hydrogens is 473 g/mol. The van der Waals surface area contributed by atoms with E-state index in [1.807, 2.05) is 26.0 Å². The molecular formula is C20H34IN3O4. The number of methoxy groups -OCH3 is 2. The molecule has 0 unspecified atom stereocenters. The fourth-order valence-corrected chi connectivity index (χ4v) is 2.37. The monoisotopic (exact) mass is 507 g/mol.